The first kappa shape index (κ1) is 10.7. The molecule has 1 aromatic rings. The molecule has 0 saturated carbocycles. The minimum absolute atomic E-state index is 0.140. The van der Waals surface area contributed by atoms with Gasteiger partial charge in [0.1, 0.15) is 0 Å². The molecule has 1 aromatic carbocycles. The summed E-state index contributed by atoms with van der Waals surface area (Å²) in [5, 5.41) is 1.47. The molecular weight excluding hydrogens is 177 g/mol. The van der Waals surface area contributed by atoms with Gasteiger partial charge in [-0.3, -0.25) is 4.67 Å². The number of hydrogen-bond donors (Lipinski definition) is 0. The fraction of sp³-hybridized carbons (Fsp3) is 0.455. The predicted octanol–water partition coefficient (Wildman–Crippen LogP) is 2.68. The van der Waals surface area contributed by atoms with Crippen LogP contribution in [0.4, 0.5) is 0 Å². The van der Waals surface area contributed by atoms with Crippen LogP contribution >= 0.6 is 8.07 Å². The number of rotatable bonds is 3. The normalized spacial score (nSPS) is 13.7. The fourth-order valence-electron chi connectivity index (χ4n) is 1.57. The molecule has 2 heteroatoms. The summed E-state index contributed by atoms with van der Waals surface area (Å²) in [7, 11) is 4.19. The lowest BCUT2D eigenvalue weighted by Crippen LogP contribution is -2.19. The van der Waals surface area contributed by atoms with Gasteiger partial charge in [-0.15, -0.1) is 0 Å². The van der Waals surface area contributed by atoms with Gasteiger partial charge in [-0.05, 0) is 33.1 Å². The van der Waals surface area contributed by atoms with E-state index in [0.717, 1.165) is 0 Å². The number of nitrogens with zero attached hydrogens (tertiary/aromatic N) is 1. The van der Waals surface area contributed by atoms with Crippen molar-refractivity contribution in [3.8, 4) is 0 Å². The summed E-state index contributed by atoms with van der Waals surface area (Å²) in [6.07, 6.45) is 0. The Bertz CT molecular complexity index is 236. The van der Waals surface area contributed by atoms with Crippen LogP contribution in [0.2, 0.25) is 0 Å². The predicted molar refractivity (Wildman–Crippen MR) is 61.8 cm³/mol. The summed E-state index contributed by atoms with van der Waals surface area (Å²) in [5.41, 5.74) is 0.715. The Hall–Kier alpha value is -0.390. The molecule has 0 aromatic heterocycles. The highest BCUT2D eigenvalue weighted by molar-refractivity contribution is 7.63. The van der Waals surface area contributed by atoms with Crippen LogP contribution < -0.4 is 5.30 Å². The Balaban J connectivity index is 2.89. The third-order valence-electron chi connectivity index (χ3n) is 1.94. The second-order valence-electron chi connectivity index (χ2n) is 3.62. The van der Waals surface area contributed by atoms with Crippen molar-refractivity contribution in [2.45, 2.75) is 19.5 Å². The zero-order valence-electron chi connectivity index (χ0n) is 8.86. The van der Waals surface area contributed by atoms with Crippen molar-refractivity contribution in [2.75, 3.05) is 14.1 Å². The monoisotopic (exact) mass is 195 g/mol. The smallest absolute Gasteiger partial charge is 0.00189 e. The van der Waals surface area contributed by atoms with E-state index in [1.54, 1.807) is 0 Å². The molecule has 0 bridgehead atoms. The Morgan fingerprint density at radius 3 is 2.00 bits per heavy atom. The molecule has 0 aliphatic carbocycles. The molecule has 0 radical (unpaired) electrons. The van der Waals surface area contributed by atoms with Crippen LogP contribution in [0.3, 0.4) is 0 Å². The molecule has 0 heterocycles. The zero-order valence-corrected chi connectivity index (χ0v) is 9.75. The molecule has 0 aliphatic heterocycles. The zero-order chi connectivity index (χ0) is 9.84. The molecule has 0 amide bonds. The van der Waals surface area contributed by atoms with E-state index in [1.165, 1.54) is 5.30 Å². The molecule has 0 spiro atoms. The summed E-state index contributed by atoms with van der Waals surface area (Å²) >= 11 is 0. The lowest BCUT2D eigenvalue weighted by Gasteiger charge is -2.28. The molecule has 1 rings (SSSR count). The fourth-order valence-corrected chi connectivity index (χ4v) is 4.03. The third kappa shape index (κ3) is 2.79. The Morgan fingerprint density at radius 1 is 1.08 bits per heavy atom. The molecule has 13 heavy (non-hydrogen) atoms. The molecule has 0 fully saturated rings. The summed E-state index contributed by atoms with van der Waals surface area (Å²) in [4.78, 5) is 0. The molecular formula is C11H18NP. The van der Waals surface area contributed by atoms with E-state index in [1.807, 2.05) is 0 Å². The van der Waals surface area contributed by atoms with Gasteiger partial charge < -0.3 is 0 Å². The van der Waals surface area contributed by atoms with Crippen molar-refractivity contribution in [3.63, 3.8) is 0 Å². The lowest BCUT2D eigenvalue weighted by atomic mass is 10.4. The highest BCUT2D eigenvalue weighted by Gasteiger charge is 2.16. The van der Waals surface area contributed by atoms with Crippen LogP contribution in [0.1, 0.15) is 13.8 Å². The summed E-state index contributed by atoms with van der Waals surface area (Å²) in [6.45, 7) is 4.58. The van der Waals surface area contributed by atoms with Gasteiger partial charge in [0.25, 0.3) is 0 Å². The average molecular weight is 195 g/mol. The Kier molecular flexibility index (Phi) is 3.90. The van der Waals surface area contributed by atoms with E-state index < -0.39 is 0 Å². The second kappa shape index (κ2) is 4.74. The topological polar surface area (TPSA) is 3.24 Å². The maximum atomic E-state index is 2.34. The highest BCUT2D eigenvalue weighted by atomic mass is 31.1. The molecule has 0 aliphatic rings. The van der Waals surface area contributed by atoms with Gasteiger partial charge in [0, 0.05) is 0 Å². The van der Waals surface area contributed by atoms with Crippen molar-refractivity contribution >= 4 is 13.4 Å². The third-order valence-corrected chi connectivity index (χ3v) is 4.61. The van der Waals surface area contributed by atoms with Gasteiger partial charge >= 0.3 is 0 Å². The van der Waals surface area contributed by atoms with Crippen molar-refractivity contribution in [1.29, 1.82) is 0 Å². The lowest BCUT2D eigenvalue weighted by molar-refractivity contribution is 0.673. The van der Waals surface area contributed by atoms with Crippen LogP contribution in [0.15, 0.2) is 30.3 Å². The van der Waals surface area contributed by atoms with E-state index in [9.17, 15) is 0 Å². The molecule has 72 valence electrons. The average Bonchev–Trinajstić information content (AvgIpc) is 2.04. The van der Waals surface area contributed by atoms with E-state index in [0.29, 0.717) is 5.66 Å². The molecule has 1 unspecified atom stereocenters. The van der Waals surface area contributed by atoms with E-state index in [4.69, 9.17) is 0 Å². The number of hydrogen-bond acceptors (Lipinski definition) is 1. The largest absolute Gasteiger partial charge is 0.284 e. The highest BCUT2D eigenvalue weighted by Crippen LogP contribution is 2.41. The first-order valence-corrected chi connectivity index (χ1v) is 6.01. The van der Waals surface area contributed by atoms with Crippen LogP contribution in [-0.4, -0.2) is 24.4 Å². The van der Waals surface area contributed by atoms with Crippen LogP contribution in [-0.2, 0) is 0 Å². The molecule has 0 saturated heterocycles. The van der Waals surface area contributed by atoms with Crippen molar-refractivity contribution in [1.82, 2.24) is 4.67 Å². The van der Waals surface area contributed by atoms with Gasteiger partial charge in [-0.25, -0.2) is 0 Å². The van der Waals surface area contributed by atoms with Crippen molar-refractivity contribution < 1.29 is 0 Å². The van der Waals surface area contributed by atoms with E-state index in [2.05, 4.69) is 62.9 Å². The first-order valence-electron chi connectivity index (χ1n) is 4.64. The SMILES string of the molecule is CC(C)P(c1ccccc1)N(C)C. The maximum absolute atomic E-state index is 2.34. The van der Waals surface area contributed by atoms with Gasteiger partial charge in [0.2, 0.25) is 0 Å². The van der Waals surface area contributed by atoms with Gasteiger partial charge in [-0.2, -0.15) is 0 Å². The van der Waals surface area contributed by atoms with Crippen molar-refractivity contribution in [3.05, 3.63) is 30.3 Å². The minimum atomic E-state index is -0.140. The van der Waals surface area contributed by atoms with Crippen LogP contribution in [0, 0.1) is 0 Å². The quantitative estimate of drug-likeness (QED) is 0.670. The Labute approximate surface area is 82.6 Å². The van der Waals surface area contributed by atoms with Crippen molar-refractivity contribution in [2.24, 2.45) is 0 Å². The van der Waals surface area contributed by atoms with E-state index in [-0.39, 0.29) is 8.07 Å². The van der Waals surface area contributed by atoms with Gasteiger partial charge in [0.15, 0.2) is 0 Å². The summed E-state index contributed by atoms with van der Waals surface area (Å²) in [5.74, 6) is 0. The molecule has 1 atom stereocenters. The van der Waals surface area contributed by atoms with Gasteiger partial charge in [0.05, 0.1) is 0 Å². The van der Waals surface area contributed by atoms with Gasteiger partial charge in [-0.1, -0.05) is 44.2 Å². The van der Waals surface area contributed by atoms with E-state index >= 15 is 0 Å². The van der Waals surface area contributed by atoms with Crippen LogP contribution in [0.25, 0.3) is 0 Å². The molecule has 1 nitrogen and oxygen atoms in total. The number of benzene rings is 1. The first-order chi connectivity index (χ1) is 6.13. The summed E-state index contributed by atoms with van der Waals surface area (Å²) in [6, 6.07) is 10.8. The standard InChI is InChI=1S/C11H18NP/c1-10(2)13(12(3)4)11-8-6-5-7-9-11/h5-10H,1-4H3. The Morgan fingerprint density at radius 2 is 1.62 bits per heavy atom. The molecule has 0 N–H and O–H groups in total. The minimum Gasteiger partial charge on any atom is -0.284 e. The second-order valence-corrected chi connectivity index (χ2v) is 6.66. The maximum Gasteiger partial charge on any atom is -0.00189 e. The summed E-state index contributed by atoms with van der Waals surface area (Å²) < 4.78 is 2.34. The van der Waals surface area contributed by atoms with Crippen LogP contribution in [0.5, 0.6) is 0 Å².